The van der Waals surface area contributed by atoms with Crippen molar-refractivity contribution in [3.8, 4) is 5.75 Å². The Balaban J connectivity index is 2.30. The highest BCUT2D eigenvalue weighted by Crippen LogP contribution is 2.22. The summed E-state index contributed by atoms with van der Waals surface area (Å²) in [6.45, 7) is 3.54. The average Bonchev–Trinajstić information content (AvgIpc) is 2.62. The zero-order valence-corrected chi connectivity index (χ0v) is 15.8. The van der Waals surface area contributed by atoms with Crippen molar-refractivity contribution in [2.75, 3.05) is 14.2 Å². The zero-order valence-electron chi connectivity index (χ0n) is 15.0. The van der Waals surface area contributed by atoms with Crippen molar-refractivity contribution >= 4 is 17.7 Å². The van der Waals surface area contributed by atoms with Crippen molar-refractivity contribution in [3.63, 3.8) is 0 Å². The lowest BCUT2D eigenvalue weighted by molar-refractivity contribution is -0.139. The number of methoxy groups -OCH3 is 2. The summed E-state index contributed by atoms with van der Waals surface area (Å²) in [5, 5.41) is 0.0637. The van der Waals surface area contributed by atoms with Gasteiger partial charge in [-0.2, -0.15) is 0 Å². The van der Waals surface area contributed by atoms with Gasteiger partial charge in [-0.3, -0.25) is 14.2 Å². The van der Waals surface area contributed by atoms with Crippen molar-refractivity contribution in [1.82, 2.24) is 9.55 Å². The summed E-state index contributed by atoms with van der Waals surface area (Å²) in [7, 11) is 4.62. The number of benzene rings is 1. The Hall–Kier alpha value is -2.28. The summed E-state index contributed by atoms with van der Waals surface area (Å²) in [5.74, 6) is 0.425. The van der Waals surface area contributed by atoms with Gasteiger partial charge >= 0.3 is 5.97 Å². The monoisotopic (exact) mass is 362 g/mol. The maximum atomic E-state index is 12.7. The Bertz CT molecular complexity index is 815. The predicted octanol–water partition coefficient (Wildman–Crippen LogP) is 2.34. The lowest BCUT2D eigenvalue weighted by atomic mass is 10.1. The van der Waals surface area contributed by atoms with Gasteiger partial charge in [-0.15, -0.1) is 0 Å². The van der Waals surface area contributed by atoms with E-state index in [-0.39, 0.29) is 11.5 Å². The van der Waals surface area contributed by atoms with Gasteiger partial charge in [0.25, 0.3) is 5.56 Å². The SMILES string of the molecule is COC(=O)[C@H](C)Sc1nc(C)c(Cc2ccc(OC)cc2)c(=O)n1C. The second-order valence-electron chi connectivity index (χ2n) is 5.63. The minimum absolute atomic E-state index is 0.108. The number of thioether (sulfide) groups is 1. The second-order valence-corrected chi connectivity index (χ2v) is 6.94. The van der Waals surface area contributed by atoms with Gasteiger partial charge in [-0.05, 0) is 31.5 Å². The summed E-state index contributed by atoms with van der Waals surface area (Å²) in [5.41, 5.74) is 2.20. The van der Waals surface area contributed by atoms with Crippen LogP contribution < -0.4 is 10.3 Å². The first-order valence-corrected chi connectivity index (χ1v) is 8.69. The summed E-state index contributed by atoms with van der Waals surface area (Å²) in [6.07, 6.45) is 0.493. The van der Waals surface area contributed by atoms with Crippen LogP contribution in [0.5, 0.6) is 5.75 Å². The van der Waals surface area contributed by atoms with Gasteiger partial charge in [0, 0.05) is 24.7 Å². The van der Waals surface area contributed by atoms with Crippen molar-refractivity contribution in [2.24, 2.45) is 7.05 Å². The molecule has 0 radical (unpaired) electrons. The third-order valence-corrected chi connectivity index (χ3v) is 5.03. The molecule has 25 heavy (non-hydrogen) atoms. The van der Waals surface area contributed by atoms with E-state index in [0.717, 1.165) is 11.3 Å². The molecule has 7 heteroatoms. The molecule has 0 aliphatic carbocycles. The Morgan fingerprint density at radius 2 is 1.92 bits per heavy atom. The first kappa shape index (κ1) is 19.1. The van der Waals surface area contributed by atoms with Crippen LogP contribution in [0, 0.1) is 6.92 Å². The molecule has 1 aromatic heterocycles. The van der Waals surface area contributed by atoms with Gasteiger partial charge in [0.05, 0.1) is 14.2 Å². The van der Waals surface area contributed by atoms with Crippen LogP contribution in [-0.2, 0) is 23.0 Å². The number of hydrogen-bond acceptors (Lipinski definition) is 6. The molecule has 134 valence electrons. The van der Waals surface area contributed by atoms with Crippen LogP contribution in [0.25, 0.3) is 0 Å². The highest BCUT2D eigenvalue weighted by Gasteiger charge is 2.19. The van der Waals surface area contributed by atoms with E-state index >= 15 is 0 Å². The molecule has 0 aliphatic rings. The smallest absolute Gasteiger partial charge is 0.318 e. The lowest BCUT2D eigenvalue weighted by Gasteiger charge is -2.14. The fraction of sp³-hybridized carbons (Fsp3) is 0.389. The van der Waals surface area contributed by atoms with Crippen LogP contribution in [0.4, 0.5) is 0 Å². The van der Waals surface area contributed by atoms with Crippen molar-refractivity contribution in [1.29, 1.82) is 0 Å². The first-order chi connectivity index (χ1) is 11.9. The molecule has 0 fully saturated rings. The standard InChI is InChI=1S/C18H22N2O4S/c1-11-15(10-13-6-8-14(23-4)9-7-13)16(21)20(3)18(19-11)25-12(2)17(22)24-5/h6-9,12H,10H2,1-5H3/t12-/m0/s1. The van der Waals surface area contributed by atoms with Crippen molar-refractivity contribution in [2.45, 2.75) is 30.7 Å². The molecule has 2 aromatic rings. The number of esters is 1. The largest absolute Gasteiger partial charge is 0.497 e. The maximum Gasteiger partial charge on any atom is 0.318 e. The molecule has 0 saturated carbocycles. The minimum Gasteiger partial charge on any atom is -0.497 e. The summed E-state index contributed by atoms with van der Waals surface area (Å²) in [6, 6.07) is 7.59. The molecule has 1 atom stereocenters. The number of hydrogen-bond donors (Lipinski definition) is 0. The van der Waals surface area contributed by atoms with Gasteiger partial charge in [-0.25, -0.2) is 4.98 Å². The van der Waals surface area contributed by atoms with Gasteiger partial charge in [0.2, 0.25) is 0 Å². The van der Waals surface area contributed by atoms with E-state index in [4.69, 9.17) is 9.47 Å². The second kappa shape index (κ2) is 8.20. The van der Waals surface area contributed by atoms with Gasteiger partial charge in [-0.1, -0.05) is 23.9 Å². The van der Waals surface area contributed by atoms with Gasteiger partial charge in [0.1, 0.15) is 11.0 Å². The highest BCUT2D eigenvalue weighted by atomic mass is 32.2. The van der Waals surface area contributed by atoms with Crippen LogP contribution in [-0.4, -0.2) is 35.0 Å². The highest BCUT2D eigenvalue weighted by molar-refractivity contribution is 8.00. The van der Waals surface area contributed by atoms with Crippen LogP contribution in [0.3, 0.4) is 0 Å². The zero-order chi connectivity index (χ0) is 18.6. The molecular weight excluding hydrogens is 340 g/mol. The van der Waals surface area contributed by atoms with Gasteiger partial charge in [0.15, 0.2) is 5.16 Å². The molecule has 0 bridgehead atoms. The molecule has 0 amide bonds. The molecule has 0 N–H and O–H groups in total. The number of rotatable bonds is 6. The van der Waals surface area contributed by atoms with Crippen LogP contribution in [0.1, 0.15) is 23.7 Å². The van der Waals surface area contributed by atoms with E-state index in [1.807, 2.05) is 31.2 Å². The summed E-state index contributed by atoms with van der Waals surface area (Å²) in [4.78, 5) is 28.8. The van der Waals surface area contributed by atoms with E-state index < -0.39 is 5.25 Å². The molecule has 0 spiro atoms. The quantitative estimate of drug-likeness (QED) is 0.446. The number of nitrogens with zero attached hydrogens (tertiary/aromatic N) is 2. The maximum absolute atomic E-state index is 12.7. The predicted molar refractivity (Wildman–Crippen MR) is 97.4 cm³/mol. The number of carbonyl (C=O) groups excluding carboxylic acids is 1. The average molecular weight is 362 g/mol. The third-order valence-electron chi connectivity index (χ3n) is 3.91. The molecule has 0 saturated heterocycles. The molecule has 0 unspecified atom stereocenters. The van der Waals surface area contributed by atoms with Gasteiger partial charge < -0.3 is 9.47 Å². The molecular formula is C18H22N2O4S. The summed E-state index contributed by atoms with van der Waals surface area (Å²) < 4.78 is 11.4. The number of aromatic nitrogens is 2. The van der Waals surface area contributed by atoms with Crippen molar-refractivity contribution < 1.29 is 14.3 Å². The Kier molecular flexibility index (Phi) is 6.25. The Morgan fingerprint density at radius 1 is 1.28 bits per heavy atom. The molecule has 1 aromatic carbocycles. The topological polar surface area (TPSA) is 70.4 Å². The van der Waals surface area contributed by atoms with E-state index in [1.165, 1.54) is 23.4 Å². The van der Waals surface area contributed by atoms with E-state index in [9.17, 15) is 9.59 Å². The first-order valence-electron chi connectivity index (χ1n) is 7.81. The summed E-state index contributed by atoms with van der Waals surface area (Å²) >= 11 is 1.21. The molecule has 2 rings (SSSR count). The Morgan fingerprint density at radius 3 is 2.48 bits per heavy atom. The van der Waals surface area contributed by atoms with E-state index in [2.05, 4.69) is 4.98 Å². The normalized spacial score (nSPS) is 11.9. The fourth-order valence-corrected chi connectivity index (χ4v) is 3.30. The number of carbonyl (C=O) groups is 1. The third kappa shape index (κ3) is 4.42. The van der Waals surface area contributed by atoms with E-state index in [0.29, 0.717) is 22.8 Å². The van der Waals surface area contributed by atoms with Crippen LogP contribution in [0.2, 0.25) is 0 Å². The fourth-order valence-electron chi connectivity index (χ4n) is 2.36. The number of ether oxygens (including phenoxy) is 2. The Labute approximate surface area is 151 Å². The molecule has 6 nitrogen and oxygen atoms in total. The van der Waals surface area contributed by atoms with E-state index in [1.54, 1.807) is 21.1 Å². The lowest BCUT2D eigenvalue weighted by Crippen LogP contribution is -2.27. The van der Waals surface area contributed by atoms with Crippen LogP contribution in [0.15, 0.2) is 34.2 Å². The minimum atomic E-state index is -0.435. The molecule has 0 aliphatic heterocycles. The number of aryl methyl sites for hydroxylation is 1. The van der Waals surface area contributed by atoms with Crippen LogP contribution >= 0.6 is 11.8 Å². The van der Waals surface area contributed by atoms with Crippen molar-refractivity contribution in [3.05, 3.63) is 51.4 Å². The molecule has 1 heterocycles.